The summed E-state index contributed by atoms with van der Waals surface area (Å²) in [6.07, 6.45) is -4.68. The summed E-state index contributed by atoms with van der Waals surface area (Å²) in [5.74, 6) is 0.296. The van der Waals surface area contributed by atoms with Gasteiger partial charge in [0.25, 0.3) is 11.6 Å². The van der Waals surface area contributed by atoms with E-state index < -0.39 is 22.4 Å². The number of para-hydroxylation sites is 1. The Morgan fingerprint density at radius 1 is 1.12 bits per heavy atom. The summed E-state index contributed by atoms with van der Waals surface area (Å²) in [7, 11) is 1.50. The molecule has 0 N–H and O–H groups in total. The highest BCUT2D eigenvalue weighted by Gasteiger charge is 2.34. The molecule has 1 aliphatic heterocycles. The van der Waals surface area contributed by atoms with E-state index in [-0.39, 0.29) is 43.5 Å². The van der Waals surface area contributed by atoms with Crippen LogP contribution in [0.1, 0.15) is 16.1 Å². The number of alkyl halides is 3. The maximum Gasteiger partial charge on any atom is 0.416 e. The molecule has 168 valence electrons. The quantitative estimate of drug-likeness (QED) is 0.435. The Bertz CT molecular complexity index is 1180. The number of benzene rings is 2. The van der Waals surface area contributed by atoms with Crippen LogP contribution in [0.3, 0.4) is 0 Å². The van der Waals surface area contributed by atoms with Crippen molar-refractivity contribution >= 4 is 28.3 Å². The average molecular weight is 449 g/mol. The molecule has 1 amide bonds. The van der Waals surface area contributed by atoms with Gasteiger partial charge in [-0.15, -0.1) is 0 Å². The molecule has 0 spiro atoms. The minimum atomic E-state index is -4.68. The van der Waals surface area contributed by atoms with Crippen molar-refractivity contribution in [2.24, 2.45) is 0 Å². The molecule has 1 fully saturated rings. The first-order chi connectivity index (χ1) is 15.2. The van der Waals surface area contributed by atoms with Gasteiger partial charge in [-0.1, -0.05) is 12.1 Å². The summed E-state index contributed by atoms with van der Waals surface area (Å²) < 4.78 is 49.7. The monoisotopic (exact) mass is 449 g/mol. The number of rotatable bonds is 4. The number of fused-ring (bicyclic) bond motifs is 1. The number of amides is 1. The molecule has 1 aromatic heterocycles. The van der Waals surface area contributed by atoms with Crippen molar-refractivity contribution < 1.29 is 32.0 Å². The summed E-state index contributed by atoms with van der Waals surface area (Å²) in [6, 6.07) is 9.36. The molecule has 0 atom stereocenters. The van der Waals surface area contributed by atoms with Crippen molar-refractivity contribution in [2.45, 2.75) is 6.18 Å². The summed E-state index contributed by atoms with van der Waals surface area (Å²) in [5, 5.41) is 12.1. The van der Waals surface area contributed by atoms with E-state index in [0.717, 1.165) is 12.1 Å². The lowest BCUT2D eigenvalue weighted by molar-refractivity contribution is -0.384. The van der Waals surface area contributed by atoms with Gasteiger partial charge < -0.3 is 19.0 Å². The number of nitro benzene ring substituents is 1. The molecule has 0 radical (unpaired) electrons. The molecular formula is C21H18F3N3O5. The summed E-state index contributed by atoms with van der Waals surface area (Å²) >= 11 is 0. The lowest BCUT2D eigenvalue weighted by atomic mass is 10.1. The number of furan rings is 1. The molecule has 0 aliphatic carbocycles. The lowest BCUT2D eigenvalue weighted by Gasteiger charge is -2.35. The van der Waals surface area contributed by atoms with Gasteiger partial charge in [0.05, 0.1) is 17.6 Å². The number of carbonyl (C=O) groups excluding carboxylic acids is 1. The predicted octanol–water partition coefficient (Wildman–Crippen LogP) is 4.33. The number of nitro groups is 1. The minimum absolute atomic E-state index is 0.0866. The number of piperazine rings is 1. The Hall–Kier alpha value is -3.76. The normalized spacial score (nSPS) is 14.6. The third-order valence-corrected chi connectivity index (χ3v) is 5.35. The van der Waals surface area contributed by atoms with E-state index in [9.17, 15) is 28.1 Å². The van der Waals surface area contributed by atoms with Gasteiger partial charge in [-0.3, -0.25) is 14.9 Å². The van der Waals surface area contributed by atoms with Gasteiger partial charge in [-0.25, -0.2) is 0 Å². The van der Waals surface area contributed by atoms with E-state index in [2.05, 4.69) is 0 Å². The van der Waals surface area contributed by atoms with Gasteiger partial charge in [-0.05, 0) is 24.3 Å². The van der Waals surface area contributed by atoms with Crippen molar-refractivity contribution in [3.8, 4) is 5.75 Å². The van der Waals surface area contributed by atoms with E-state index >= 15 is 0 Å². The molecule has 3 aromatic rings. The van der Waals surface area contributed by atoms with Crippen LogP contribution in [0.15, 0.2) is 46.9 Å². The third kappa shape index (κ3) is 3.93. The number of ether oxygens (including phenoxy) is 1. The smallest absolute Gasteiger partial charge is 0.416 e. The Balaban J connectivity index is 1.51. The molecule has 8 nitrogen and oxygen atoms in total. The minimum Gasteiger partial charge on any atom is -0.493 e. The summed E-state index contributed by atoms with van der Waals surface area (Å²) in [5.41, 5.74) is -1.16. The highest BCUT2D eigenvalue weighted by atomic mass is 19.4. The van der Waals surface area contributed by atoms with E-state index in [0.29, 0.717) is 22.8 Å². The second kappa shape index (κ2) is 8.06. The van der Waals surface area contributed by atoms with E-state index in [1.54, 1.807) is 29.2 Å². The summed E-state index contributed by atoms with van der Waals surface area (Å²) in [4.78, 5) is 26.6. The molecule has 0 bridgehead atoms. The molecule has 0 saturated carbocycles. The molecule has 32 heavy (non-hydrogen) atoms. The van der Waals surface area contributed by atoms with Gasteiger partial charge in [0.15, 0.2) is 17.1 Å². The second-order valence-electron chi connectivity index (χ2n) is 7.23. The van der Waals surface area contributed by atoms with Gasteiger partial charge in [0, 0.05) is 37.6 Å². The lowest BCUT2D eigenvalue weighted by Crippen LogP contribution is -2.48. The fourth-order valence-electron chi connectivity index (χ4n) is 3.72. The molecule has 4 rings (SSSR count). The van der Waals surface area contributed by atoms with E-state index in [4.69, 9.17) is 9.15 Å². The number of hydrogen-bond acceptors (Lipinski definition) is 6. The molecule has 2 aromatic carbocycles. The van der Waals surface area contributed by atoms with Gasteiger partial charge in [0.1, 0.15) is 5.69 Å². The van der Waals surface area contributed by atoms with Crippen LogP contribution < -0.4 is 9.64 Å². The second-order valence-corrected chi connectivity index (χ2v) is 7.23. The van der Waals surface area contributed by atoms with Crippen LogP contribution in [0.5, 0.6) is 5.75 Å². The molecule has 1 saturated heterocycles. The fourth-order valence-corrected chi connectivity index (χ4v) is 3.72. The van der Waals surface area contributed by atoms with Crippen LogP contribution in [0, 0.1) is 10.1 Å². The van der Waals surface area contributed by atoms with Gasteiger partial charge in [-0.2, -0.15) is 13.2 Å². The standard InChI is InChI=1S/C21H18F3N3O5/c1-31-17-4-2-3-13-11-18(32-19(13)17)20(28)26-9-7-25(8-10-26)15-6-5-14(21(22,23)24)12-16(15)27(29)30/h2-6,11-12H,7-10H2,1H3. The van der Waals surface area contributed by atoms with Gasteiger partial charge in [0.2, 0.25) is 0 Å². The number of hydrogen-bond donors (Lipinski definition) is 0. The Labute approximate surface area is 179 Å². The highest BCUT2D eigenvalue weighted by molar-refractivity contribution is 5.97. The zero-order valence-electron chi connectivity index (χ0n) is 16.9. The van der Waals surface area contributed by atoms with Crippen LogP contribution in [-0.4, -0.2) is 49.0 Å². The van der Waals surface area contributed by atoms with Crippen LogP contribution in [0.25, 0.3) is 11.0 Å². The van der Waals surface area contributed by atoms with E-state index in [1.165, 1.54) is 12.0 Å². The first-order valence-corrected chi connectivity index (χ1v) is 9.65. The molecule has 1 aliphatic rings. The SMILES string of the molecule is COc1cccc2cc(C(=O)N3CCN(c4ccc(C(F)(F)F)cc4[N+](=O)[O-])CC3)oc12. The number of carbonyl (C=O) groups is 1. The van der Waals surface area contributed by atoms with Crippen molar-refractivity contribution in [3.63, 3.8) is 0 Å². The zero-order valence-corrected chi connectivity index (χ0v) is 16.9. The van der Waals surface area contributed by atoms with Crippen molar-refractivity contribution in [1.82, 2.24) is 4.90 Å². The third-order valence-electron chi connectivity index (χ3n) is 5.35. The largest absolute Gasteiger partial charge is 0.493 e. The molecular weight excluding hydrogens is 431 g/mol. The Kier molecular flexibility index (Phi) is 5.41. The van der Waals surface area contributed by atoms with Crippen LogP contribution >= 0.6 is 0 Å². The number of nitrogens with zero attached hydrogens (tertiary/aromatic N) is 3. The van der Waals surface area contributed by atoms with Crippen molar-refractivity contribution in [2.75, 3.05) is 38.2 Å². The van der Waals surface area contributed by atoms with Crippen molar-refractivity contribution in [3.05, 3.63) is 63.9 Å². The Morgan fingerprint density at radius 2 is 1.84 bits per heavy atom. The highest BCUT2D eigenvalue weighted by Crippen LogP contribution is 2.37. The average Bonchev–Trinajstić information content (AvgIpc) is 3.22. The maximum absolute atomic E-state index is 12.9. The predicted molar refractivity (Wildman–Crippen MR) is 109 cm³/mol. The molecule has 11 heteroatoms. The van der Waals surface area contributed by atoms with Gasteiger partial charge >= 0.3 is 6.18 Å². The zero-order chi connectivity index (χ0) is 23.0. The number of methoxy groups -OCH3 is 1. The van der Waals surface area contributed by atoms with Crippen molar-refractivity contribution in [1.29, 1.82) is 0 Å². The molecule has 0 unspecified atom stereocenters. The van der Waals surface area contributed by atoms with Crippen LogP contribution in [-0.2, 0) is 6.18 Å². The maximum atomic E-state index is 12.9. The first-order valence-electron chi connectivity index (χ1n) is 9.65. The summed E-state index contributed by atoms with van der Waals surface area (Å²) in [6.45, 7) is 0.902. The topological polar surface area (TPSA) is 89.1 Å². The fraction of sp³-hybridized carbons (Fsp3) is 0.286. The number of halogens is 3. The first kappa shape index (κ1) is 21.5. The Morgan fingerprint density at radius 3 is 2.47 bits per heavy atom. The van der Waals surface area contributed by atoms with E-state index in [1.807, 2.05) is 0 Å². The number of anilines is 1. The van der Waals surface area contributed by atoms with Crippen LogP contribution in [0.2, 0.25) is 0 Å². The van der Waals surface area contributed by atoms with Crippen LogP contribution in [0.4, 0.5) is 24.5 Å². The molecule has 2 heterocycles.